The Bertz CT molecular complexity index is 734. The molecule has 0 atom stereocenters. The number of aromatic nitrogens is 2. The van der Waals surface area contributed by atoms with E-state index in [9.17, 15) is 4.79 Å². The molecule has 0 fully saturated rings. The summed E-state index contributed by atoms with van der Waals surface area (Å²) in [5.41, 5.74) is 3.48. The third kappa shape index (κ3) is 2.59. The third-order valence-electron chi connectivity index (χ3n) is 3.00. The number of carbonyl (C=O) groups is 1. The zero-order valence-electron chi connectivity index (χ0n) is 10.5. The van der Waals surface area contributed by atoms with Gasteiger partial charge in [0.15, 0.2) is 6.29 Å². The molecule has 20 heavy (non-hydrogen) atoms. The van der Waals surface area contributed by atoms with E-state index in [4.69, 9.17) is 0 Å². The first kappa shape index (κ1) is 13.3. The maximum atomic E-state index is 11.2. The van der Waals surface area contributed by atoms with Crippen LogP contribution < -0.4 is 0 Å². The van der Waals surface area contributed by atoms with Crippen molar-refractivity contribution in [2.24, 2.45) is 0 Å². The molecule has 0 amide bonds. The highest BCUT2D eigenvalue weighted by atomic mass is 79.9. The van der Waals surface area contributed by atoms with Gasteiger partial charge in [-0.05, 0) is 23.1 Å². The molecule has 0 bridgehead atoms. The fraction of sp³-hybridized carbons (Fsp3) is 0.0667. The summed E-state index contributed by atoms with van der Waals surface area (Å²) in [4.78, 5) is 11.2. The summed E-state index contributed by atoms with van der Waals surface area (Å²) in [6.07, 6.45) is 2.65. The summed E-state index contributed by atoms with van der Waals surface area (Å²) in [5.74, 6) is 0. The highest BCUT2D eigenvalue weighted by Crippen LogP contribution is 2.24. The van der Waals surface area contributed by atoms with E-state index in [1.165, 1.54) is 0 Å². The fourth-order valence-corrected chi connectivity index (χ4v) is 3.08. The molecular formula is C15H11BrN2OS. The van der Waals surface area contributed by atoms with Crippen molar-refractivity contribution in [3.63, 3.8) is 0 Å². The van der Waals surface area contributed by atoms with Gasteiger partial charge in [-0.1, -0.05) is 34.1 Å². The summed E-state index contributed by atoms with van der Waals surface area (Å²) in [5, 5.41) is 8.51. The third-order valence-corrected chi connectivity index (χ3v) is 4.46. The minimum Gasteiger partial charge on any atom is -0.298 e. The monoisotopic (exact) mass is 346 g/mol. The maximum absolute atomic E-state index is 11.2. The molecule has 2 heterocycles. The first-order chi connectivity index (χ1) is 9.78. The van der Waals surface area contributed by atoms with Crippen LogP contribution >= 0.6 is 27.3 Å². The molecule has 0 aliphatic heterocycles. The molecule has 0 spiro atoms. The highest BCUT2D eigenvalue weighted by Gasteiger charge is 2.11. The maximum Gasteiger partial charge on any atom is 0.153 e. The topological polar surface area (TPSA) is 34.9 Å². The van der Waals surface area contributed by atoms with E-state index in [1.807, 2.05) is 41.1 Å². The Morgan fingerprint density at radius 2 is 2.15 bits per heavy atom. The van der Waals surface area contributed by atoms with Crippen LogP contribution in [0.3, 0.4) is 0 Å². The molecule has 0 aliphatic rings. The lowest BCUT2D eigenvalue weighted by Gasteiger charge is -2.04. The predicted octanol–water partition coefficient (Wildman–Crippen LogP) is 4.23. The zero-order chi connectivity index (χ0) is 13.9. The van der Waals surface area contributed by atoms with Gasteiger partial charge in [0.1, 0.15) is 5.69 Å². The average molecular weight is 347 g/mol. The van der Waals surface area contributed by atoms with E-state index in [1.54, 1.807) is 22.2 Å². The van der Waals surface area contributed by atoms with Gasteiger partial charge in [0.2, 0.25) is 0 Å². The van der Waals surface area contributed by atoms with Crippen molar-refractivity contribution in [1.29, 1.82) is 0 Å². The molecule has 100 valence electrons. The minimum atomic E-state index is 0.621. The van der Waals surface area contributed by atoms with Gasteiger partial charge in [0.25, 0.3) is 0 Å². The number of benzene rings is 1. The van der Waals surface area contributed by atoms with Crippen LogP contribution in [0, 0.1) is 0 Å². The van der Waals surface area contributed by atoms with Crippen LogP contribution in [-0.2, 0) is 6.54 Å². The first-order valence-electron chi connectivity index (χ1n) is 6.06. The SMILES string of the molecule is O=Cc1cn(Cc2ccccc2Br)nc1-c1ccsc1. The molecular weight excluding hydrogens is 336 g/mol. The molecule has 2 aromatic heterocycles. The number of carbonyl (C=O) groups excluding carboxylic acids is 1. The Morgan fingerprint density at radius 3 is 2.85 bits per heavy atom. The normalized spacial score (nSPS) is 10.7. The van der Waals surface area contributed by atoms with Gasteiger partial charge in [0.05, 0.1) is 12.1 Å². The number of halogens is 1. The van der Waals surface area contributed by atoms with Crippen molar-refractivity contribution in [1.82, 2.24) is 9.78 Å². The summed E-state index contributed by atoms with van der Waals surface area (Å²) in [6, 6.07) is 9.98. The Morgan fingerprint density at radius 1 is 1.30 bits per heavy atom. The Labute approximate surface area is 129 Å². The molecule has 0 radical (unpaired) electrons. The van der Waals surface area contributed by atoms with E-state index in [0.717, 1.165) is 27.6 Å². The van der Waals surface area contributed by atoms with Gasteiger partial charge < -0.3 is 0 Å². The quantitative estimate of drug-likeness (QED) is 0.662. The lowest BCUT2D eigenvalue weighted by Crippen LogP contribution is -2.00. The van der Waals surface area contributed by atoms with Gasteiger partial charge in [-0.25, -0.2) is 0 Å². The lowest BCUT2D eigenvalue weighted by molar-refractivity contribution is 0.112. The van der Waals surface area contributed by atoms with Crippen LogP contribution in [0.1, 0.15) is 15.9 Å². The van der Waals surface area contributed by atoms with Crippen LogP contribution in [0.5, 0.6) is 0 Å². The summed E-state index contributed by atoms with van der Waals surface area (Å²) in [6.45, 7) is 0.631. The molecule has 0 saturated carbocycles. The standard InChI is InChI=1S/C15H11BrN2OS/c16-14-4-2-1-3-11(14)7-18-8-13(9-19)15(17-18)12-5-6-20-10-12/h1-6,8-10H,7H2. The van der Waals surface area contributed by atoms with E-state index < -0.39 is 0 Å². The second-order valence-electron chi connectivity index (χ2n) is 4.35. The number of nitrogens with zero attached hydrogens (tertiary/aromatic N) is 2. The Balaban J connectivity index is 1.96. The number of thiophene rings is 1. The summed E-state index contributed by atoms with van der Waals surface area (Å²) >= 11 is 5.12. The number of rotatable bonds is 4. The van der Waals surface area contributed by atoms with Crippen LogP contribution in [0.25, 0.3) is 11.3 Å². The van der Waals surface area contributed by atoms with E-state index in [-0.39, 0.29) is 0 Å². The van der Waals surface area contributed by atoms with Crippen LogP contribution in [0.15, 0.2) is 51.8 Å². The molecule has 3 nitrogen and oxygen atoms in total. The molecule has 0 saturated heterocycles. The molecule has 0 N–H and O–H groups in total. The van der Waals surface area contributed by atoms with Crippen LogP contribution in [-0.4, -0.2) is 16.1 Å². The van der Waals surface area contributed by atoms with Crippen molar-refractivity contribution >= 4 is 33.6 Å². The van der Waals surface area contributed by atoms with E-state index in [0.29, 0.717) is 12.1 Å². The largest absolute Gasteiger partial charge is 0.298 e. The van der Waals surface area contributed by atoms with E-state index in [2.05, 4.69) is 21.0 Å². The molecule has 0 unspecified atom stereocenters. The van der Waals surface area contributed by atoms with Gasteiger partial charge in [-0.2, -0.15) is 16.4 Å². The highest BCUT2D eigenvalue weighted by molar-refractivity contribution is 9.10. The van der Waals surface area contributed by atoms with Crippen molar-refractivity contribution < 1.29 is 4.79 Å². The van der Waals surface area contributed by atoms with E-state index >= 15 is 0 Å². The molecule has 1 aromatic carbocycles. The Hall–Kier alpha value is -1.72. The van der Waals surface area contributed by atoms with Crippen LogP contribution in [0.4, 0.5) is 0 Å². The van der Waals surface area contributed by atoms with Gasteiger partial charge in [-0.3, -0.25) is 9.48 Å². The van der Waals surface area contributed by atoms with Gasteiger partial charge in [0, 0.05) is 21.6 Å². The van der Waals surface area contributed by atoms with Crippen molar-refractivity contribution in [3.8, 4) is 11.3 Å². The Kier molecular flexibility index (Phi) is 3.80. The average Bonchev–Trinajstić information content (AvgIpc) is 3.09. The second-order valence-corrected chi connectivity index (χ2v) is 5.99. The van der Waals surface area contributed by atoms with Gasteiger partial charge in [-0.15, -0.1) is 0 Å². The number of aldehydes is 1. The number of hydrogen-bond donors (Lipinski definition) is 0. The smallest absolute Gasteiger partial charge is 0.153 e. The fourth-order valence-electron chi connectivity index (χ4n) is 2.03. The number of hydrogen-bond acceptors (Lipinski definition) is 3. The predicted molar refractivity (Wildman–Crippen MR) is 84.2 cm³/mol. The van der Waals surface area contributed by atoms with Crippen molar-refractivity contribution in [2.45, 2.75) is 6.54 Å². The summed E-state index contributed by atoms with van der Waals surface area (Å²) in [7, 11) is 0. The second kappa shape index (κ2) is 5.73. The van der Waals surface area contributed by atoms with Gasteiger partial charge >= 0.3 is 0 Å². The zero-order valence-corrected chi connectivity index (χ0v) is 12.9. The van der Waals surface area contributed by atoms with Crippen molar-refractivity contribution in [2.75, 3.05) is 0 Å². The van der Waals surface area contributed by atoms with Crippen molar-refractivity contribution in [3.05, 3.63) is 62.9 Å². The molecule has 3 rings (SSSR count). The summed E-state index contributed by atoms with van der Waals surface area (Å²) < 4.78 is 2.84. The molecule has 3 aromatic rings. The minimum absolute atomic E-state index is 0.621. The first-order valence-corrected chi connectivity index (χ1v) is 7.80. The lowest BCUT2D eigenvalue weighted by atomic mass is 10.2. The molecule has 0 aliphatic carbocycles. The molecule has 5 heteroatoms. The van der Waals surface area contributed by atoms with Crippen LogP contribution in [0.2, 0.25) is 0 Å².